The van der Waals surface area contributed by atoms with Crippen LogP contribution in [0, 0.1) is 11.3 Å². The number of hydrogen-bond donors (Lipinski definition) is 1. The summed E-state index contributed by atoms with van der Waals surface area (Å²) in [4.78, 5) is 0. The van der Waals surface area contributed by atoms with E-state index in [4.69, 9.17) is 0 Å². The fraction of sp³-hybridized carbons (Fsp3) is 0.625. The highest BCUT2D eigenvalue weighted by Gasteiger charge is 2.35. The first-order valence-electron chi connectivity index (χ1n) is 6.82. The molecule has 2 unspecified atom stereocenters. The minimum atomic E-state index is 0.505. The minimum Gasteiger partial charge on any atom is -0.319 e. The van der Waals surface area contributed by atoms with E-state index >= 15 is 0 Å². The van der Waals surface area contributed by atoms with Crippen molar-refractivity contribution in [1.82, 2.24) is 5.32 Å². The highest BCUT2D eigenvalue weighted by atomic mass is 14.8. The van der Waals surface area contributed by atoms with Crippen molar-refractivity contribution in [2.75, 3.05) is 13.6 Å². The molecule has 1 fully saturated rings. The van der Waals surface area contributed by atoms with Gasteiger partial charge in [-0.1, -0.05) is 44.2 Å². The molecular weight excluding hydrogens is 206 g/mol. The Kier molecular flexibility index (Phi) is 3.88. The summed E-state index contributed by atoms with van der Waals surface area (Å²) in [5.74, 6) is 1.53. The van der Waals surface area contributed by atoms with Crippen LogP contribution in [-0.2, 0) is 0 Å². The fourth-order valence-corrected chi connectivity index (χ4v) is 3.24. The second kappa shape index (κ2) is 5.22. The fourth-order valence-electron chi connectivity index (χ4n) is 3.24. The van der Waals surface area contributed by atoms with Crippen molar-refractivity contribution in [3.63, 3.8) is 0 Å². The summed E-state index contributed by atoms with van der Waals surface area (Å²) >= 11 is 0. The summed E-state index contributed by atoms with van der Waals surface area (Å²) in [5, 5.41) is 3.36. The van der Waals surface area contributed by atoms with Crippen LogP contribution in [0.15, 0.2) is 30.3 Å². The average molecular weight is 231 g/mol. The average Bonchev–Trinajstić information content (AvgIpc) is 2.32. The zero-order chi connectivity index (χ0) is 12.3. The zero-order valence-corrected chi connectivity index (χ0v) is 11.4. The van der Waals surface area contributed by atoms with Crippen LogP contribution in [-0.4, -0.2) is 13.6 Å². The number of benzene rings is 1. The zero-order valence-electron chi connectivity index (χ0n) is 11.4. The third-order valence-electron chi connectivity index (χ3n) is 4.23. The lowest BCUT2D eigenvalue weighted by Crippen LogP contribution is -2.33. The standard InChI is InChI=1S/C16H25N/c1-16(2)10-9-14(12-17-3)15(11-16)13-7-5-4-6-8-13/h4-8,14-15,17H,9-12H2,1-3H3. The van der Waals surface area contributed by atoms with Crippen molar-refractivity contribution in [3.05, 3.63) is 35.9 Å². The van der Waals surface area contributed by atoms with Crippen molar-refractivity contribution >= 4 is 0 Å². The Morgan fingerprint density at radius 2 is 1.94 bits per heavy atom. The molecule has 17 heavy (non-hydrogen) atoms. The summed E-state index contributed by atoms with van der Waals surface area (Å²) < 4.78 is 0. The first kappa shape index (κ1) is 12.6. The second-order valence-corrected chi connectivity index (χ2v) is 6.24. The Bertz CT molecular complexity index is 342. The SMILES string of the molecule is CNCC1CCC(C)(C)CC1c1ccccc1. The van der Waals surface area contributed by atoms with Gasteiger partial charge >= 0.3 is 0 Å². The van der Waals surface area contributed by atoms with Crippen LogP contribution in [0.4, 0.5) is 0 Å². The molecule has 0 saturated heterocycles. The van der Waals surface area contributed by atoms with Gasteiger partial charge in [0.15, 0.2) is 0 Å². The molecule has 1 nitrogen and oxygen atoms in total. The molecule has 1 aromatic carbocycles. The Labute approximate surface area is 106 Å². The molecule has 1 saturated carbocycles. The smallest absolute Gasteiger partial charge is 0.00177 e. The van der Waals surface area contributed by atoms with E-state index in [2.05, 4.69) is 56.5 Å². The maximum Gasteiger partial charge on any atom is -0.00177 e. The highest BCUT2D eigenvalue weighted by Crippen LogP contribution is 2.46. The topological polar surface area (TPSA) is 12.0 Å². The third-order valence-corrected chi connectivity index (χ3v) is 4.23. The first-order chi connectivity index (χ1) is 8.12. The Balaban J connectivity index is 2.19. The van der Waals surface area contributed by atoms with E-state index in [1.54, 1.807) is 0 Å². The predicted octanol–water partition coefficient (Wildman–Crippen LogP) is 3.82. The molecule has 1 N–H and O–H groups in total. The van der Waals surface area contributed by atoms with Gasteiger partial charge in [-0.25, -0.2) is 0 Å². The van der Waals surface area contributed by atoms with Crippen molar-refractivity contribution in [1.29, 1.82) is 0 Å². The summed E-state index contributed by atoms with van der Waals surface area (Å²) in [7, 11) is 2.07. The maximum absolute atomic E-state index is 3.36. The first-order valence-corrected chi connectivity index (χ1v) is 6.82. The maximum atomic E-state index is 3.36. The molecule has 2 rings (SSSR count). The summed E-state index contributed by atoms with van der Waals surface area (Å²) in [6.07, 6.45) is 4.04. The molecule has 0 aromatic heterocycles. The van der Waals surface area contributed by atoms with Crippen LogP contribution >= 0.6 is 0 Å². The van der Waals surface area contributed by atoms with E-state index < -0.39 is 0 Å². The lowest BCUT2D eigenvalue weighted by molar-refractivity contribution is 0.161. The Morgan fingerprint density at radius 1 is 1.24 bits per heavy atom. The second-order valence-electron chi connectivity index (χ2n) is 6.24. The van der Waals surface area contributed by atoms with E-state index in [0.29, 0.717) is 5.41 Å². The summed E-state index contributed by atoms with van der Waals surface area (Å²) in [5.41, 5.74) is 2.03. The van der Waals surface area contributed by atoms with Crippen molar-refractivity contribution < 1.29 is 0 Å². The van der Waals surface area contributed by atoms with Crippen LogP contribution in [0.2, 0.25) is 0 Å². The normalized spacial score (nSPS) is 27.9. The predicted molar refractivity (Wildman–Crippen MR) is 74.2 cm³/mol. The molecule has 0 aliphatic heterocycles. The van der Waals surface area contributed by atoms with E-state index in [1.165, 1.54) is 24.8 Å². The Morgan fingerprint density at radius 3 is 2.59 bits per heavy atom. The Hall–Kier alpha value is -0.820. The quantitative estimate of drug-likeness (QED) is 0.834. The summed E-state index contributed by atoms with van der Waals surface area (Å²) in [6, 6.07) is 11.1. The molecule has 94 valence electrons. The van der Waals surface area contributed by atoms with Gasteiger partial charge in [0.1, 0.15) is 0 Å². The van der Waals surface area contributed by atoms with Gasteiger partial charge in [0.2, 0.25) is 0 Å². The van der Waals surface area contributed by atoms with Crippen molar-refractivity contribution in [2.24, 2.45) is 11.3 Å². The van der Waals surface area contributed by atoms with E-state index in [-0.39, 0.29) is 0 Å². The van der Waals surface area contributed by atoms with Gasteiger partial charge in [0.05, 0.1) is 0 Å². The molecule has 1 aromatic rings. The van der Waals surface area contributed by atoms with Gasteiger partial charge in [0, 0.05) is 0 Å². The summed E-state index contributed by atoms with van der Waals surface area (Å²) in [6.45, 7) is 5.98. The van der Waals surface area contributed by atoms with E-state index in [0.717, 1.165) is 18.4 Å². The van der Waals surface area contributed by atoms with E-state index in [9.17, 15) is 0 Å². The van der Waals surface area contributed by atoms with Crippen LogP contribution in [0.5, 0.6) is 0 Å². The molecule has 1 heteroatoms. The number of hydrogen-bond acceptors (Lipinski definition) is 1. The van der Waals surface area contributed by atoms with Gasteiger partial charge in [-0.3, -0.25) is 0 Å². The van der Waals surface area contributed by atoms with Crippen LogP contribution in [0.1, 0.15) is 44.6 Å². The molecule has 2 atom stereocenters. The van der Waals surface area contributed by atoms with Gasteiger partial charge in [-0.15, -0.1) is 0 Å². The van der Waals surface area contributed by atoms with Gasteiger partial charge in [-0.05, 0) is 55.7 Å². The van der Waals surface area contributed by atoms with Gasteiger partial charge in [-0.2, -0.15) is 0 Å². The van der Waals surface area contributed by atoms with Crippen LogP contribution in [0.3, 0.4) is 0 Å². The monoisotopic (exact) mass is 231 g/mol. The van der Waals surface area contributed by atoms with Gasteiger partial charge < -0.3 is 5.32 Å². The van der Waals surface area contributed by atoms with Crippen molar-refractivity contribution in [2.45, 2.75) is 39.0 Å². The van der Waals surface area contributed by atoms with Crippen LogP contribution in [0.25, 0.3) is 0 Å². The number of nitrogens with one attached hydrogen (secondary N) is 1. The van der Waals surface area contributed by atoms with Gasteiger partial charge in [0.25, 0.3) is 0 Å². The largest absolute Gasteiger partial charge is 0.319 e. The molecule has 0 bridgehead atoms. The molecule has 0 spiro atoms. The molecular formula is C16H25N. The van der Waals surface area contributed by atoms with Crippen molar-refractivity contribution in [3.8, 4) is 0 Å². The third kappa shape index (κ3) is 3.10. The highest BCUT2D eigenvalue weighted by molar-refractivity contribution is 5.21. The molecule has 1 aliphatic carbocycles. The molecule has 0 amide bonds. The van der Waals surface area contributed by atoms with E-state index in [1.807, 2.05) is 0 Å². The lowest BCUT2D eigenvalue weighted by Gasteiger charge is -2.41. The molecule has 0 radical (unpaired) electrons. The molecule has 0 heterocycles. The minimum absolute atomic E-state index is 0.505. The lowest BCUT2D eigenvalue weighted by atomic mass is 9.65. The van der Waals surface area contributed by atoms with Crippen LogP contribution < -0.4 is 5.32 Å². The molecule has 1 aliphatic rings. The number of rotatable bonds is 3.